The van der Waals surface area contributed by atoms with E-state index in [1.165, 1.54) is 0 Å². The Morgan fingerprint density at radius 1 is 1.06 bits per heavy atom. The van der Waals surface area contributed by atoms with Crippen molar-refractivity contribution in [2.45, 2.75) is 12.5 Å². The Kier molecular flexibility index (Phi) is 11.5. The molecule has 2 aromatic rings. The summed E-state index contributed by atoms with van der Waals surface area (Å²) in [6.45, 7) is 5.39. The first-order chi connectivity index (χ1) is 17.0. The number of carbonyl (C=O) groups excluding carboxylic acids is 1. The van der Waals surface area contributed by atoms with E-state index in [1.54, 1.807) is 6.07 Å². The zero-order valence-electron chi connectivity index (χ0n) is 20.0. The third kappa shape index (κ3) is 8.91. The van der Waals surface area contributed by atoms with Crippen LogP contribution in [0, 0.1) is 0 Å². The van der Waals surface area contributed by atoms with Gasteiger partial charge in [-0.2, -0.15) is 0 Å². The molecule has 35 heavy (non-hydrogen) atoms. The number of hydrogen-bond donors (Lipinski definition) is 3. The van der Waals surface area contributed by atoms with E-state index in [0.717, 1.165) is 29.8 Å². The van der Waals surface area contributed by atoms with Crippen molar-refractivity contribution in [2.75, 3.05) is 71.6 Å². The molecule has 1 aliphatic heterocycles. The Morgan fingerprint density at radius 2 is 1.77 bits per heavy atom. The Labute approximate surface area is 217 Å². The van der Waals surface area contributed by atoms with E-state index < -0.39 is 0 Å². The molecule has 1 aliphatic rings. The lowest BCUT2D eigenvalue weighted by Crippen LogP contribution is -2.32. The summed E-state index contributed by atoms with van der Waals surface area (Å²) < 4.78 is 16.1. The molecule has 0 radical (unpaired) electrons. The SMILES string of the molecule is CN1Cc2c(Cl)cc(Cl)cc2C(c2cccc(NC(=O)NCCOCCOCCOCCN)c2)C1. The zero-order chi connectivity index (χ0) is 25.0. The number of fused-ring (bicyclic) bond motifs is 1. The van der Waals surface area contributed by atoms with Gasteiger partial charge in [0.1, 0.15) is 0 Å². The number of halogens is 2. The highest BCUT2D eigenvalue weighted by Crippen LogP contribution is 2.38. The van der Waals surface area contributed by atoms with Gasteiger partial charge in [0.25, 0.3) is 0 Å². The fourth-order valence-corrected chi connectivity index (χ4v) is 4.57. The highest BCUT2D eigenvalue weighted by molar-refractivity contribution is 6.35. The quantitative estimate of drug-likeness (QED) is 0.345. The summed E-state index contributed by atoms with van der Waals surface area (Å²) in [7, 11) is 2.07. The fourth-order valence-electron chi connectivity index (χ4n) is 4.00. The van der Waals surface area contributed by atoms with E-state index in [2.05, 4.69) is 28.6 Å². The molecule has 1 heterocycles. The van der Waals surface area contributed by atoms with Crippen LogP contribution in [0.25, 0.3) is 0 Å². The van der Waals surface area contributed by atoms with E-state index in [-0.39, 0.29) is 11.9 Å². The summed E-state index contributed by atoms with van der Waals surface area (Å²) in [4.78, 5) is 14.6. The normalized spacial score (nSPS) is 15.6. The number of rotatable bonds is 13. The molecule has 0 spiro atoms. The number of hydrogen-bond acceptors (Lipinski definition) is 6. The highest BCUT2D eigenvalue weighted by Gasteiger charge is 2.27. The van der Waals surface area contributed by atoms with Crippen molar-refractivity contribution in [3.63, 3.8) is 0 Å². The maximum absolute atomic E-state index is 12.3. The molecular formula is C25H34Cl2N4O4. The minimum absolute atomic E-state index is 0.104. The van der Waals surface area contributed by atoms with Gasteiger partial charge in [-0.15, -0.1) is 0 Å². The second-order valence-electron chi connectivity index (χ2n) is 8.34. The van der Waals surface area contributed by atoms with Crippen LogP contribution in [0.15, 0.2) is 36.4 Å². The minimum atomic E-state index is -0.286. The number of amides is 2. The maximum Gasteiger partial charge on any atom is 0.319 e. The minimum Gasteiger partial charge on any atom is -0.378 e. The zero-order valence-corrected chi connectivity index (χ0v) is 21.5. The summed E-state index contributed by atoms with van der Waals surface area (Å²) in [5, 5.41) is 7.01. The third-order valence-corrected chi connectivity index (χ3v) is 6.13. The van der Waals surface area contributed by atoms with Crippen LogP contribution in [0.5, 0.6) is 0 Å². The molecule has 4 N–H and O–H groups in total. The Hall–Kier alpha value is -1.91. The molecule has 2 amide bonds. The van der Waals surface area contributed by atoms with E-state index >= 15 is 0 Å². The van der Waals surface area contributed by atoms with Crippen molar-refractivity contribution in [3.8, 4) is 0 Å². The number of nitrogens with two attached hydrogens (primary N) is 1. The predicted octanol–water partition coefficient (Wildman–Crippen LogP) is 3.70. The van der Waals surface area contributed by atoms with Gasteiger partial charge >= 0.3 is 6.03 Å². The van der Waals surface area contributed by atoms with Crippen LogP contribution in [-0.2, 0) is 20.8 Å². The van der Waals surface area contributed by atoms with Crippen molar-refractivity contribution in [2.24, 2.45) is 5.73 Å². The molecule has 0 saturated heterocycles. The lowest BCUT2D eigenvalue weighted by molar-refractivity contribution is 0.0169. The predicted molar refractivity (Wildman–Crippen MR) is 140 cm³/mol. The molecule has 3 rings (SSSR count). The van der Waals surface area contributed by atoms with Gasteiger partial charge in [0.15, 0.2) is 0 Å². The Morgan fingerprint density at radius 3 is 2.51 bits per heavy atom. The van der Waals surface area contributed by atoms with Crippen molar-refractivity contribution >= 4 is 34.9 Å². The summed E-state index contributed by atoms with van der Waals surface area (Å²) in [5.74, 6) is 0.104. The second-order valence-corrected chi connectivity index (χ2v) is 9.18. The third-order valence-electron chi connectivity index (χ3n) is 5.58. The average molecular weight is 525 g/mol. The average Bonchev–Trinajstić information content (AvgIpc) is 2.83. The Bertz CT molecular complexity index is 963. The van der Waals surface area contributed by atoms with Crippen LogP contribution >= 0.6 is 23.2 Å². The first kappa shape index (κ1) is 27.7. The summed E-state index contributed by atoms with van der Waals surface area (Å²) in [6, 6.07) is 11.4. The van der Waals surface area contributed by atoms with Crippen LogP contribution in [0.3, 0.4) is 0 Å². The van der Waals surface area contributed by atoms with E-state index in [4.69, 9.17) is 43.1 Å². The fraction of sp³-hybridized carbons (Fsp3) is 0.480. The summed E-state index contributed by atoms with van der Waals surface area (Å²) in [6.07, 6.45) is 0. The van der Waals surface area contributed by atoms with E-state index in [1.807, 2.05) is 24.3 Å². The molecule has 2 aromatic carbocycles. The van der Waals surface area contributed by atoms with Crippen LogP contribution < -0.4 is 16.4 Å². The Balaban J connectivity index is 1.44. The van der Waals surface area contributed by atoms with Gasteiger partial charge < -0.3 is 35.5 Å². The molecule has 192 valence electrons. The lowest BCUT2D eigenvalue weighted by atomic mass is 9.84. The molecular weight excluding hydrogens is 491 g/mol. The summed E-state index contributed by atoms with van der Waals surface area (Å²) in [5.41, 5.74) is 9.37. The van der Waals surface area contributed by atoms with Crippen LogP contribution in [0.1, 0.15) is 22.6 Å². The van der Waals surface area contributed by atoms with Crippen LogP contribution in [0.4, 0.5) is 10.5 Å². The van der Waals surface area contributed by atoms with Gasteiger partial charge in [-0.1, -0.05) is 35.3 Å². The number of carbonyl (C=O) groups is 1. The number of urea groups is 1. The molecule has 1 unspecified atom stereocenters. The van der Waals surface area contributed by atoms with E-state index in [9.17, 15) is 4.79 Å². The molecule has 0 fully saturated rings. The van der Waals surface area contributed by atoms with Gasteiger partial charge in [0, 0.05) is 47.8 Å². The van der Waals surface area contributed by atoms with Gasteiger partial charge in [-0.05, 0) is 48.0 Å². The number of nitrogens with zero attached hydrogens (tertiary/aromatic N) is 1. The molecule has 0 saturated carbocycles. The molecule has 0 aromatic heterocycles. The smallest absolute Gasteiger partial charge is 0.319 e. The second kappa shape index (κ2) is 14.6. The lowest BCUT2D eigenvalue weighted by Gasteiger charge is -2.33. The van der Waals surface area contributed by atoms with Crippen molar-refractivity contribution in [3.05, 3.63) is 63.1 Å². The number of benzene rings is 2. The largest absolute Gasteiger partial charge is 0.378 e. The number of nitrogens with one attached hydrogen (secondary N) is 2. The van der Waals surface area contributed by atoms with Gasteiger partial charge in [0.2, 0.25) is 0 Å². The molecule has 10 heteroatoms. The van der Waals surface area contributed by atoms with Crippen LogP contribution in [-0.4, -0.2) is 77.3 Å². The maximum atomic E-state index is 12.3. The number of ether oxygens (including phenoxy) is 3. The molecule has 0 aliphatic carbocycles. The monoisotopic (exact) mass is 524 g/mol. The van der Waals surface area contributed by atoms with Crippen molar-refractivity contribution in [1.29, 1.82) is 0 Å². The van der Waals surface area contributed by atoms with E-state index in [0.29, 0.717) is 68.5 Å². The summed E-state index contributed by atoms with van der Waals surface area (Å²) >= 11 is 12.8. The van der Waals surface area contributed by atoms with Crippen molar-refractivity contribution in [1.82, 2.24) is 10.2 Å². The number of likely N-dealkylation sites (N-methyl/N-ethyl adjacent to an activating group) is 1. The van der Waals surface area contributed by atoms with Gasteiger partial charge in [0.05, 0.1) is 39.6 Å². The topological polar surface area (TPSA) is 98.1 Å². The molecule has 0 bridgehead atoms. The first-order valence-corrected chi connectivity index (χ1v) is 12.5. The standard InChI is InChI=1S/C25H34Cl2N4O4/c1-31-16-22(21-14-19(26)15-24(27)23(21)17-31)18-3-2-4-20(13-18)30-25(32)29-6-8-34-10-12-35-11-9-33-7-5-28/h2-4,13-15,22H,5-12,16-17,28H2,1H3,(H2,29,30,32). The van der Waals surface area contributed by atoms with Crippen LogP contribution in [0.2, 0.25) is 10.0 Å². The van der Waals surface area contributed by atoms with Gasteiger partial charge in [-0.25, -0.2) is 4.79 Å². The van der Waals surface area contributed by atoms with Crippen molar-refractivity contribution < 1.29 is 19.0 Å². The number of anilines is 1. The molecule has 1 atom stereocenters. The van der Waals surface area contributed by atoms with Gasteiger partial charge in [-0.3, -0.25) is 0 Å². The molecule has 8 nitrogen and oxygen atoms in total. The first-order valence-electron chi connectivity index (χ1n) is 11.7. The highest BCUT2D eigenvalue weighted by atomic mass is 35.5.